The van der Waals surface area contributed by atoms with E-state index in [9.17, 15) is 9.59 Å². The van der Waals surface area contributed by atoms with Crippen molar-refractivity contribution in [1.29, 1.82) is 0 Å². The lowest BCUT2D eigenvalue weighted by Gasteiger charge is -2.16. The molecule has 0 amide bonds. The molecule has 1 aliphatic heterocycles. The predicted octanol–water partition coefficient (Wildman–Crippen LogP) is -0.266. The molecular formula is C7H11NO3. The van der Waals surface area contributed by atoms with Crippen LogP contribution < -0.4 is 0 Å². The minimum atomic E-state index is -0.891. The first-order valence-electron chi connectivity index (χ1n) is 3.63. The average molecular weight is 157 g/mol. The van der Waals surface area contributed by atoms with Gasteiger partial charge in [0.15, 0.2) is 0 Å². The fourth-order valence-corrected chi connectivity index (χ4v) is 1.32. The van der Waals surface area contributed by atoms with Gasteiger partial charge in [-0.2, -0.15) is 0 Å². The molecule has 0 unspecified atom stereocenters. The first-order chi connectivity index (χ1) is 5.15. The molecule has 0 aromatic heterocycles. The second-order valence-corrected chi connectivity index (χ2v) is 2.66. The minimum absolute atomic E-state index is 0.0271. The maximum absolute atomic E-state index is 10.8. The van der Waals surface area contributed by atoms with Gasteiger partial charge in [-0.25, -0.2) is 0 Å². The van der Waals surface area contributed by atoms with Gasteiger partial charge in [-0.1, -0.05) is 6.92 Å². The Labute approximate surface area is 64.8 Å². The highest BCUT2D eigenvalue weighted by molar-refractivity contribution is 5.90. The monoisotopic (exact) mass is 157 g/mol. The summed E-state index contributed by atoms with van der Waals surface area (Å²) in [6.07, 6.45) is 0.170. The molecule has 1 fully saturated rings. The van der Waals surface area contributed by atoms with Crippen LogP contribution in [0.4, 0.5) is 0 Å². The summed E-state index contributed by atoms with van der Waals surface area (Å²) in [5, 5.41) is 8.64. The van der Waals surface area contributed by atoms with E-state index in [0.717, 1.165) is 0 Å². The molecule has 1 saturated heterocycles. The van der Waals surface area contributed by atoms with Crippen molar-refractivity contribution >= 4 is 11.8 Å². The first-order valence-corrected chi connectivity index (χ1v) is 3.63. The fraction of sp³-hybridized carbons (Fsp3) is 0.714. The second kappa shape index (κ2) is 3.00. The topological polar surface area (TPSA) is 57.6 Å². The zero-order valence-corrected chi connectivity index (χ0v) is 6.41. The SMILES string of the molecule is CCN1CC(=O)C[C@H]1C(=O)O. The van der Waals surface area contributed by atoms with Crippen LogP contribution >= 0.6 is 0 Å². The number of carbonyl (C=O) groups is 2. The number of hydrogen-bond acceptors (Lipinski definition) is 3. The van der Waals surface area contributed by atoms with E-state index in [1.54, 1.807) is 4.90 Å². The standard InChI is InChI=1S/C7H11NO3/c1-2-8-4-5(9)3-6(8)7(10)11/h6H,2-4H2,1H3,(H,10,11)/t6-/m0/s1. The maximum atomic E-state index is 10.8. The van der Waals surface area contributed by atoms with Crippen molar-refractivity contribution in [1.82, 2.24) is 4.90 Å². The van der Waals surface area contributed by atoms with E-state index in [2.05, 4.69) is 0 Å². The highest BCUT2D eigenvalue weighted by Gasteiger charge is 2.34. The van der Waals surface area contributed by atoms with Crippen molar-refractivity contribution in [3.8, 4) is 0 Å². The van der Waals surface area contributed by atoms with Gasteiger partial charge >= 0.3 is 5.97 Å². The van der Waals surface area contributed by atoms with Gasteiger partial charge in [-0.15, -0.1) is 0 Å². The molecule has 62 valence electrons. The van der Waals surface area contributed by atoms with Crippen molar-refractivity contribution in [3.05, 3.63) is 0 Å². The van der Waals surface area contributed by atoms with Gasteiger partial charge in [0.25, 0.3) is 0 Å². The number of carbonyl (C=O) groups excluding carboxylic acids is 1. The summed E-state index contributed by atoms with van der Waals surface area (Å²) in [4.78, 5) is 23.0. The van der Waals surface area contributed by atoms with Gasteiger partial charge in [0.1, 0.15) is 11.8 Å². The third-order valence-electron chi connectivity index (χ3n) is 1.93. The fourth-order valence-electron chi connectivity index (χ4n) is 1.32. The zero-order chi connectivity index (χ0) is 8.43. The molecule has 0 aromatic rings. The predicted molar refractivity (Wildman–Crippen MR) is 38.3 cm³/mol. The van der Waals surface area contributed by atoms with E-state index in [1.807, 2.05) is 6.92 Å². The van der Waals surface area contributed by atoms with Crippen LogP contribution in [-0.4, -0.2) is 40.9 Å². The number of likely N-dealkylation sites (N-methyl/N-ethyl adjacent to an activating group) is 1. The number of carboxylic acid groups (broad SMARTS) is 1. The van der Waals surface area contributed by atoms with Crippen LogP contribution in [0.5, 0.6) is 0 Å². The lowest BCUT2D eigenvalue weighted by molar-refractivity contribution is -0.142. The van der Waals surface area contributed by atoms with E-state index in [0.29, 0.717) is 13.1 Å². The second-order valence-electron chi connectivity index (χ2n) is 2.66. The Kier molecular flexibility index (Phi) is 2.24. The number of aliphatic carboxylic acids is 1. The Hall–Kier alpha value is -0.900. The highest BCUT2D eigenvalue weighted by atomic mass is 16.4. The summed E-state index contributed by atoms with van der Waals surface area (Å²) in [7, 11) is 0. The van der Waals surface area contributed by atoms with Crippen molar-refractivity contribution in [2.75, 3.05) is 13.1 Å². The van der Waals surface area contributed by atoms with E-state index < -0.39 is 12.0 Å². The minimum Gasteiger partial charge on any atom is -0.480 e. The van der Waals surface area contributed by atoms with Crippen molar-refractivity contribution in [2.45, 2.75) is 19.4 Å². The number of rotatable bonds is 2. The van der Waals surface area contributed by atoms with Gasteiger partial charge in [-0.3, -0.25) is 14.5 Å². The van der Waals surface area contributed by atoms with Crippen molar-refractivity contribution in [2.24, 2.45) is 0 Å². The molecule has 0 radical (unpaired) electrons. The number of hydrogen-bond donors (Lipinski definition) is 1. The van der Waals surface area contributed by atoms with E-state index in [-0.39, 0.29) is 12.2 Å². The molecule has 1 N–H and O–H groups in total. The molecular weight excluding hydrogens is 146 g/mol. The molecule has 0 aromatic carbocycles. The molecule has 0 bridgehead atoms. The van der Waals surface area contributed by atoms with E-state index in [1.165, 1.54) is 0 Å². The zero-order valence-electron chi connectivity index (χ0n) is 6.41. The number of likely N-dealkylation sites (tertiary alicyclic amines) is 1. The Morgan fingerprint density at radius 2 is 2.45 bits per heavy atom. The van der Waals surface area contributed by atoms with Crippen LogP contribution in [0, 0.1) is 0 Å². The summed E-state index contributed by atoms with van der Waals surface area (Å²) in [6, 6.07) is -0.576. The average Bonchev–Trinajstić information content (AvgIpc) is 2.30. The normalized spacial score (nSPS) is 25.9. The summed E-state index contributed by atoms with van der Waals surface area (Å²) in [5.41, 5.74) is 0. The molecule has 11 heavy (non-hydrogen) atoms. The Balaban J connectivity index is 2.64. The summed E-state index contributed by atoms with van der Waals surface area (Å²) in [6.45, 7) is 2.78. The van der Waals surface area contributed by atoms with Crippen molar-refractivity contribution in [3.63, 3.8) is 0 Å². The number of Topliss-reactive ketones (excluding diaryl/α,β-unsaturated/α-hetero) is 1. The maximum Gasteiger partial charge on any atom is 0.321 e. The largest absolute Gasteiger partial charge is 0.480 e. The third-order valence-corrected chi connectivity index (χ3v) is 1.93. The lowest BCUT2D eigenvalue weighted by Crippen LogP contribution is -2.35. The van der Waals surface area contributed by atoms with Crippen LogP contribution in [0.3, 0.4) is 0 Å². The molecule has 1 rings (SSSR count). The molecule has 1 heterocycles. The van der Waals surface area contributed by atoms with Gasteiger partial charge in [0.05, 0.1) is 6.54 Å². The Bertz CT molecular complexity index is 190. The molecule has 4 nitrogen and oxygen atoms in total. The number of nitrogens with zero attached hydrogens (tertiary/aromatic N) is 1. The van der Waals surface area contributed by atoms with Crippen LogP contribution in [-0.2, 0) is 9.59 Å². The Morgan fingerprint density at radius 1 is 1.82 bits per heavy atom. The Morgan fingerprint density at radius 3 is 2.82 bits per heavy atom. The van der Waals surface area contributed by atoms with Crippen LogP contribution in [0.15, 0.2) is 0 Å². The summed E-state index contributed by atoms with van der Waals surface area (Å²) >= 11 is 0. The lowest BCUT2D eigenvalue weighted by atomic mass is 10.2. The third kappa shape index (κ3) is 1.57. The molecule has 1 aliphatic rings. The van der Waals surface area contributed by atoms with Gasteiger partial charge in [0, 0.05) is 6.42 Å². The summed E-state index contributed by atoms with van der Waals surface area (Å²) < 4.78 is 0. The van der Waals surface area contributed by atoms with E-state index >= 15 is 0 Å². The van der Waals surface area contributed by atoms with Gasteiger partial charge in [-0.05, 0) is 6.54 Å². The smallest absolute Gasteiger partial charge is 0.321 e. The van der Waals surface area contributed by atoms with Gasteiger partial charge in [0.2, 0.25) is 0 Å². The first kappa shape index (κ1) is 8.20. The summed E-state index contributed by atoms with van der Waals surface area (Å²) in [5.74, 6) is -0.864. The molecule has 0 spiro atoms. The van der Waals surface area contributed by atoms with Gasteiger partial charge < -0.3 is 5.11 Å². The molecule has 1 atom stereocenters. The van der Waals surface area contributed by atoms with Crippen LogP contribution in [0.25, 0.3) is 0 Å². The number of carboxylic acids is 1. The number of ketones is 1. The van der Waals surface area contributed by atoms with Crippen molar-refractivity contribution < 1.29 is 14.7 Å². The molecule has 0 aliphatic carbocycles. The molecule has 4 heteroatoms. The van der Waals surface area contributed by atoms with E-state index in [4.69, 9.17) is 5.11 Å². The highest BCUT2D eigenvalue weighted by Crippen LogP contribution is 2.13. The van der Waals surface area contributed by atoms with Crippen LogP contribution in [0.1, 0.15) is 13.3 Å². The quantitative estimate of drug-likeness (QED) is 0.599. The van der Waals surface area contributed by atoms with Crippen LogP contribution in [0.2, 0.25) is 0 Å². The molecule has 0 saturated carbocycles.